The summed E-state index contributed by atoms with van der Waals surface area (Å²) in [5.41, 5.74) is 5.69. The topological polar surface area (TPSA) is 43.1 Å². The summed E-state index contributed by atoms with van der Waals surface area (Å²) in [5, 5.41) is 0.247. The minimum absolute atomic E-state index is 0.140. The molecule has 4 heteroatoms. The van der Waals surface area contributed by atoms with E-state index in [4.69, 9.17) is 17.3 Å². The number of hydrogen-bond acceptors (Lipinski definition) is 2. The van der Waals surface area contributed by atoms with Crippen LogP contribution in [0.2, 0.25) is 5.02 Å². The van der Waals surface area contributed by atoms with Gasteiger partial charge in [0, 0.05) is 16.1 Å². The molecular weight excluding hydrogens is 193 g/mol. The molecule has 2 N–H and O–H groups in total. The van der Waals surface area contributed by atoms with Crippen LogP contribution in [0.15, 0.2) is 12.1 Å². The molecule has 2 nitrogen and oxygen atoms in total. The van der Waals surface area contributed by atoms with E-state index in [0.29, 0.717) is 5.56 Å². The lowest BCUT2D eigenvalue weighted by Crippen LogP contribution is -2.13. The fourth-order valence-electron chi connectivity index (χ4n) is 0.924. The first-order valence-electron chi connectivity index (χ1n) is 3.75. The molecule has 0 radical (unpaired) electrons. The second-order valence-electron chi connectivity index (χ2n) is 2.69. The number of ketones is 1. The third-order valence-electron chi connectivity index (χ3n) is 1.79. The van der Waals surface area contributed by atoms with Crippen LogP contribution in [0.1, 0.15) is 15.9 Å². The molecule has 0 spiro atoms. The van der Waals surface area contributed by atoms with Crippen LogP contribution < -0.4 is 5.73 Å². The number of carbonyl (C=O) groups excluding carboxylic acids is 1. The fraction of sp³-hybridized carbons (Fsp3) is 0.222. The molecule has 0 saturated carbocycles. The maximum atomic E-state index is 13.1. The molecule has 70 valence electrons. The highest BCUT2D eigenvalue weighted by Gasteiger charge is 2.09. The third kappa shape index (κ3) is 2.05. The van der Waals surface area contributed by atoms with Crippen LogP contribution >= 0.6 is 11.6 Å². The lowest BCUT2D eigenvalue weighted by molar-refractivity contribution is 0.100. The van der Waals surface area contributed by atoms with Crippen LogP contribution in [-0.4, -0.2) is 12.3 Å². The van der Waals surface area contributed by atoms with Crippen molar-refractivity contribution < 1.29 is 9.18 Å². The first kappa shape index (κ1) is 10.2. The molecule has 0 unspecified atom stereocenters. The van der Waals surface area contributed by atoms with Gasteiger partial charge in [-0.15, -0.1) is 0 Å². The second kappa shape index (κ2) is 3.85. The summed E-state index contributed by atoms with van der Waals surface area (Å²) < 4.78 is 13.1. The van der Waals surface area contributed by atoms with Gasteiger partial charge in [-0.3, -0.25) is 4.79 Å². The van der Waals surface area contributed by atoms with Crippen molar-refractivity contribution in [1.82, 2.24) is 0 Å². The summed E-state index contributed by atoms with van der Waals surface area (Å²) in [4.78, 5) is 11.1. The number of benzene rings is 1. The lowest BCUT2D eigenvalue weighted by Gasteiger charge is -2.03. The predicted molar refractivity (Wildman–Crippen MR) is 49.5 cm³/mol. The van der Waals surface area contributed by atoms with E-state index in [-0.39, 0.29) is 22.9 Å². The molecule has 0 atom stereocenters. The van der Waals surface area contributed by atoms with E-state index in [9.17, 15) is 9.18 Å². The van der Waals surface area contributed by atoms with Crippen molar-refractivity contribution in [2.24, 2.45) is 5.73 Å². The Morgan fingerprint density at radius 1 is 1.62 bits per heavy atom. The predicted octanol–water partition coefficient (Wildman–Crippen LogP) is 1.93. The second-order valence-corrected chi connectivity index (χ2v) is 3.10. The average Bonchev–Trinajstić information content (AvgIpc) is 2.12. The highest BCUT2D eigenvalue weighted by Crippen LogP contribution is 2.20. The summed E-state index contributed by atoms with van der Waals surface area (Å²) in [7, 11) is 0. The van der Waals surface area contributed by atoms with Crippen molar-refractivity contribution >= 4 is 17.4 Å². The Morgan fingerprint density at radius 2 is 2.23 bits per heavy atom. The van der Waals surface area contributed by atoms with Gasteiger partial charge in [-0.05, 0) is 19.1 Å². The first-order chi connectivity index (χ1) is 6.06. The quantitative estimate of drug-likeness (QED) is 0.743. The average molecular weight is 202 g/mol. The highest BCUT2D eigenvalue weighted by molar-refractivity contribution is 6.31. The number of nitrogens with two attached hydrogens (primary N) is 1. The molecule has 0 fully saturated rings. The van der Waals surface area contributed by atoms with Crippen molar-refractivity contribution in [3.63, 3.8) is 0 Å². The monoisotopic (exact) mass is 201 g/mol. The highest BCUT2D eigenvalue weighted by atomic mass is 35.5. The van der Waals surface area contributed by atoms with Gasteiger partial charge >= 0.3 is 0 Å². The van der Waals surface area contributed by atoms with Gasteiger partial charge in [0.1, 0.15) is 5.82 Å². The van der Waals surface area contributed by atoms with E-state index in [1.54, 1.807) is 6.92 Å². The zero-order valence-electron chi connectivity index (χ0n) is 7.10. The van der Waals surface area contributed by atoms with Gasteiger partial charge in [-0.25, -0.2) is 4.39 Å². The zero-order valence-corrected chi connectivity index (χ0v) is 7.86. The molecule has 1 aromatic rings. The molecular formula is C9H9ClFNO. The number of halogens is 2. The summed E-state index contributed by atoms with van der Waals surface area (Å²) in [6, 6.07) is 2.57. The minimum Gasteiger partial charge on any atom is -0.324 e. The largest absolute Gasteiger partial charge is 0.324 e. The molecule has 0 aliphatic heterocycles. The molecule has 0 aliphatic carbocycles. The molecule has 0 aliphatic rings. The van der Waals surface area contributed by atoms with Crippen LogP contribution in [0, 0.1) is 12.7 Å². The zero-order chi connectivity index (χ0) is 10.0. The maximum Gasteiger partial charge on any atom is 0.176 e. The van der Waals surface area contributed by atoms with Crippen LogP contribution in [0.25, 0.3) is 0 Å². The van der Waals surface area contributed by atoms with Crippen LogP contribution in [0.4, 0.5) is 4.39 Å². The van der Waals surface area contributed by atoms with Crippen molar-refractivity contribution in [2.45, 2.75) is 6.92 Å². The molecule has 0 aromatic heterocycles. The lowest BCUT2D eigenvalue weighted by atomic mass is 10.1. The molecule has 1 aromatic carbocycles. The van der Waals surface area contributed by atoms with Crippen molar-refractivity contribution in [1.29, 1.82) is 0 Å². The Hall–Kier alpha value is -0.930. The standard InChI is InChI=1S/C9H9ClFNO/c1-5-7(10)2-6(3-8(5)11)9(13)4-12/h2-3H,4,12H2,1H3. The SMILES string of the molecule is Cc1c(F)cc(C(=O)CN)cc1Cl. The summed E-state index contributed by atoms with van der Waals surface area (Å²) in [6.07, 6.45) is 0. The molecule has 0 bridgehead atoms. The molecule has 13 heavy (non-hydrogen) atoms. The van der Waals surface area contributed by atoms with Crippen LogP contribution in [0.5, 0.6) is 0 Å². The van der Waals surface area contributed by atoms with Gasteiger partial charge in [0.05, 0.1) is 6.54 Å². The normalized spacial score (nSPS) is 10.2. The Kier molecular flexibility index (Phi) is 3.01. The Balaban J connectivity index is 3.20. The van der Waals surface area contributed by atoms with Crippen LogP contribution in [-0.2, 0) is 0 Å². The molecule has 0 heterocycles. The van der Waals surface area contributed by atoms with Gasteiger partial charge in [-0.1, -0.05) is 11.6 Å². The summed E-state index contributed by atoms with van der Waals surface area (Å²) in [6.45, 7) is 1.41. The maximum absolute atomic E-state index is 13.1. The Labute approximate surface area is 80.5 Å². The number of hydrogen-bond donors (Lipinski definition) is 1. The van der Waals surface area contributed by atoms with Gasteiger partial charge in [-0.2, -0.15) is 0 Å². The Morgan fingerprint density at radius 3 is 2.69 bits per heavy atom. The van der Waals surface area contributed by atoms with Crippen molar-refractivity contribution in [3.8, 4) is 0 Å². The number of carbonyl (C=O) groups is 1. The molecule has 1 rings (SSSR count). The third-order valence-corrected chi connectivity index (χ3v) is 2.18. The fourth-order valence-corrected chi connectivity index (χ4v) is 1.13. The van der Waals surface area contributed by atoms with Crippen LogP contribution in [0.3, 0.4) is 0 Å². The summed E-state index contributed by atoms with van der Waals surface area (Å²) in [5.74, 6) is -0.801. The van der Waals surface area contributed by atoms with E-state index in [1.165, 1.54) is 6.07 Å². The Bertz CT molecular complexity index is 328. The van der Waals surface area contributed by atoms with E-state index in [1.807, 2.05) is 0 Å². The van der Waals surface area contributed by atoms with Crippen molar-refractivity contribution in [3.05, 3.63) is 34.1 Å². The van der Waals surface area contributed by atoms with Gasteiger partial charge in [0.2, 0.25) is 0 Å². The number of Topliss-reactive ketones (excluding diaryl/α,β-unsaturated/α-hetero) is 1. The number of rotatable bonds is 2. The van der Waals surface area contributed by atoms with E-state index in [0.717, 1.165) is 6.07 Å². The summed E-state index contributed by atoms with van der Waals surface area (Å²) >= 11 is 5.69. The van der Waals surface area contributed by atoms with Gasteiger partial charge in [0.25, 0.3) is 0 Å². The smallest absolute Gasteiger partial charge is 0.176 e. The first-order valence-corrected chi connectivity index (χ1v) is 4.13. The van der Waals surface area contributed by atoms with E-state index >= 15 is 0 Å². The molecule has 0 amide bonds. The minimum atomic E-state index is -0.482. The van der Waals surface area contributed by atoms with Gasteiger partial charge < -0.3 is 5.73 Å². The van der Waals surface area contributed by atoms with E-state index < -0.39 is 5.82 Å². The van der Waals surface area contributed by atoms with Crippen molar-refractivity contribution in [2.75, 3.05) is 6.54 Å². The van der Waals surface area contributed by atoms with Gasteiger partial charge in [0.15, 0.2) is 5.78 Å². The van der Waals surface area contributed by atoms with E-state index in [2.05, 4.69) is 0 Å². The molecule has 0 saturated heterocycles.